The molecule has 2 rings (SSSR count). The topological polar surface area (TPSA) is 93.5 Å². The van der Waals surface area contributed by atoms with E-state index in [1.54, 1.807) is 0 Å². The number of H-pyrrole nitrogens is 1. The van der Waals surface area contributed by atoms with Gasteiger partial charge in [0.15, 0.2) is 6.23 Å². The molecule has 7 nitrogen and oxygen atoms in total. The number of rotatable bonds is 4. The molecule has 104 valence electrons. The zero-order valence-electron chi connectivity index (χ0n) is 9.91. The number of nitrogens with zero attached hydrogens (tertiary/aromatic N) is 1. The molecule has 1 saturated heterocycles. The van der Waals surface area contributed by atoms with Gasteiger partial charge in [-0.1, -0.05) is 6.58 Å². The summed E-state index contributed by atoms with van der Waals surface area (Å²) in [5.74, 6) is 0. The maximum absolute atomic E-state index is 11.7. The van der Waals surface area contributed by atoms with Crippen LogP contribution in [-0.2, 0) is 9.47 Å². The molecule has 0 amide bonds. The quantitative estimate of drug-likeness (QED) is 0.763. The van der Waals surface area contributed by atoms with Gasteiger partial charge in [0.2, 0.25) is 0 Å². The Labute approximate surface area is 116 Å². The van der Waals surface area contributed by atoms with Gasteiger partial charge in [-0.25, -0.2) is 4.79 Å². The van der Waals surface area contributed by atoms with Crippen LogP contribution in [0.5, 0.6) is 0 Å². The van der Waals surface area contributed by atoms with E-state index >= 15 is 0 Å². The maximum Gasteiger partial charge on any atom is 0.330 e. The van der Waals surface area contributed by atoms with E-state index in [9.17, 15) is 14.7 Å². The molecule has 1 aliphatic rings. The molecular formula is C11H13BrN2O5. The summed E-state index contributed by atoms with van der Waals surface area (Å²) < 4.78 is 11.9. The van der Waals surface area contributed by atoms with Crippen molar-refractivity contribution in [3.63, 3.8) is 0 Å². The molecule has 0 bridgehead atoms. The fourth-order valence-corrected chi connectivity index (χ4v) is 2.23. The molecule has 0 saturated carbocycles. The van der Waals surface area contributed by atoms with Gasteiger partial charge in [0, 0.05) is 12.6 Å². The number of aromatic nitrogens is 2. The van der Waals surface area contributed by atoms with E-state index in [0.29, 0.717) is 6.42 Å². The van der Waals surface area contributed by atoms with Gasteiger partial charge in [-0.3, -0.25) is 14.3 Å². The van der Waals surface area contributed by atoms with Crippen molar-refractivity contribution < 1.29 is 14.6 Å². The van der Waals surface area contributed by atoms with E-state index in [1.807, 2.05) is 0 Å². The second-order valence-electron chi connectivity index (χ2n) is 4.10. The smallest absolute Gasteiger partial charge is 0.330 e. The van der Waals surface area contributed by atoms with Crippen LogP contribution in [-0.4, -0.2) is 33.5 Å². The average Bonchev–Trinajstić information content (AvgIpc) is 2.72. The summed E-state index contributed by atoms with van der Waals surface area (Å²) in [6, 6.07) is 0. The molecule has 19 heavy (non-hydrogen) atoms. The Morgan fingerprint density at radius 1 is 1.68 bits per heavy atom. The number of aromatic amines is 1. The second kappa shape index (κ2) is 5.72. The van der Waals surface area contributed by atoms with Crippen LogP contribution >= 0.6 is 15.9 Å². The lowest BCUT2D eigenvalue weighted by Crippen LogP contribution is -2.35. The predicted octanol–water partition coefficient (Wildman–Crippen LogP) is 0.108. The first-order chi connectivity index (χ1) is 9.02. The van der Waals surface area contributed by atoms with Crippen molar-refractivity contribution in [2.75, 3.05) is 6.61 Å². The first-order valence-corrected chi connectivity index (χ1v) is 6.39. The van der Waals surface area contributed by atoms with Crippen LogP contribution in [0.4, 0.5) is 0 Å². The highest BCUT2D eigenvalue weighted by Gasteiger charge is 2.36. The minimum atomic E-state index is -0.853. The Morgan fingerprint density at radius 2 is 2.42 bits per heavy atom. The van der Waals surface area contributed by atoms with Gasteiger partial charge >= 0.3 is 5.69 Å². The molecule has 1 aromatic rings. The minimum absolute atomic E-state index is 0.189. The third-order valence-corrected chi connectivity index (χ3v) is 3.33. The van der Waals surface area contributed by atoms with Gasteiger partial charge in [0.25, 0.3) is 5.56 Å². The molecule has 2 heterocycles. The first kappa shape index (κ1) is 14.0. The molecule has 0 radical (unpaired) electrons. The molecule has 0 unspecified atom stereocenters. The van der Waals surface area contributed by atoms with Gasteiger partial charge in [-0.05, 0) is 15.9 Å². The predicted molar refractivity (Wildman–Crippen MR) is 69.7 cm³/mol. The summed E-state index contributed by atoms with van der Waals surface area (Å²) in [7, 11) is 0. The second-order valence-corrected chi connectivity index (χ2v) is 4.95. The van der Waals surface area contributed by atoms with Gasteiger partial charge in [-0.15, -0.1) is 0 Å². The van der Waals surface area contributed by atoms with Gasteiger partial charge in [0.05, 0.1) is 16.8 Å². The zero-order chi connectivity index (χ0) is 14.0. The van der Waals surface area contributed by atoms with Crippen molar-refractivity contribution in [1.29, 1.82) is 0 Å². The Bertz CT molecular complexity index is 581. The number of hydrogen-bond donors (Lipinski definition) is 2. The van der Waals surface area contributed by atoms with Crippen molar-refractivity contribution in [3.8, 4) is 0 Å². The summed E-state index contributed by atoms with van der Waals surface area (Å²) in [4.78, 5) is 25.1. The Hall–Kier alpha value is -1.38. The maximum atomic E-state index is 11.7. The van der Waals surface area contributed by atoms with Gasteiger partial charge < -0.3 is 14.6 Å². The highest BCUT2D eigenvalue weighted by molar-refractivity contribution is 9.10. The normalized spacial score (nSPS) is 26.3. The molecule has 0 aliphatic carbocycles. The van der Waals surface area contributed by atoms with Crippen LogP contribution in [0.25, 0.3) is 0 Å². The Balaban J connectivity index is 2.23. The number of hydrogen-bond acceptors (Lipinski definition) is 5. The molecule has 0 spiro atoms. The number of halogens is 1. The average molecular weight is 333 g/mol. The number of ether oxygens (including phenoxy) is 2. The Kier molecular flexibility index (Phi) is 4.23. The third-order valence-electron chi connectivity index (χ3n) is 2.76. The molecule has 8 heteroatoms. The zero-order valence-corrected chi connectivity index (χ0v) is 11.5. The lowest BCUT2D eigenvalue weighted by Gasteiger charge is -2.17. The lowest BCUT2D eigenvalue weighted by molar-refractivity contribution is -0.0545. The summed E-state index contributed by atoms with van der Waals surface area (Å²) in [5.41, 5.74) is -1.16. The third kappa shape index (κ3) is 2.96. The highest BCUT2D eigenvalue weighted by Crippen LogP contribution is 2.28. The SMILES string of the molecule is C=COC[C@@H]1C[C@@H](O)[C@H](n2cc(Br)c(=O)[nH]c2=O)O1. The van der Waals surface area contributed by atoms with E-state index in [-0.39, 0.29) is 17.2 Å². The van der Waals surface area contributed by atoms with Crippen molar-refractivity contribution >= 4 is 15.9 Å². The number of aliphatic hydroxyl groups excluding tert-OH is 1. The molecule has 1 aliphatic heterocycles. The van der Waals surface area contributed by atoms with Crippen LogP contribution in [0.15, 0.2) is 33.1 Å². The van der Waals surface area contributed by atoms with Crippen LogP contribution in [0.3, 0.4) is 0 Å². The molecule has 3 atom stereocenters. The van der Waals surface area contributed by atoms with Gasteiger partial charge in [0.1, 0.15) is 12.7 Å². The van der Waals surface area contributed by atoms with E-state index in [0.717, 1.165) is 4.57 Å². The van der Waals surface area contributed by atoms with Crippen LogP contribution in [0.2, 0.25) is 0 Å². The summed E-state index contributed by atoms with van der Waals surface area (Å²) in [6.07, 6.45) is 0.878. The van der Waals surface area contributed by atoms with Crippen LogP contribution in [0.1, 0.15) is 12.6 Å². The van der Waals surface area contributed by atoms with E-state index in [4.69, 9.17) is 9.47 Å². The number of aliphatic hydroxyl groups is 1. The standard InChI is InChI=1S/C11H13BrN2O5/c1-2-18-5-6-3-8(15)10(19-6)14-4-7(12)9(16)13-11(14)17/h2,4,6,8,10,15H,1,3,5H2,(H,13,16,17)/t6-,8+,10+/m0/s1. The monoisotopic (exact) mass is 332 g/mol. The van der Waals surface area contributed by atoms with Crippen molar-refractivity contribution in [2.45, 2.75) is 24.9 Å². The first-order valence-electron chi connectivity index (χ1n) is 5.60. The van der Waals surface area contributed by atoms with Crippen LogP contribution in [0, 0.1) is 0 Å². The summed E-state index contributed by atoms with van der Waals surface area (Å²) >= 11 is 3.03. The largest absolute Gasteiger partial charge is 0.499 e. The van der Waals surface area contributed by atoms with Crippen molar-refractivity contribution in [3.05, 3.63) is 44.3 Å². The van der Waals surface area contributed by atoms with Crippen molar-refractivity contribution in [1.82, 2.24) is 9.55 Å². The molecular weight excluding hydrogens is 320 g/mol. The van der Waals surface area contributed by atoms with Crippen molar-refractivity contribution in [2.24, 2.45) is 0 Å². The van der Waals surface area contributed by atoms with E-state index in [1.165, 1.54) is 12.5 Å². The summed E-state index contributed by atoms with van der Waals surface area (Å²) in [6.45, 7) is 3.66. The van der Waals surface area contributed by atoms with Gasteiger partial charge in [-0.2, -0.15) is 0 Å². The highest BCUT2D eigenvalue weighted by atomic mass is 79.9. The van der Waals surface area contributed by atoms with Crippen LogP contribution < -0.4 is 11.2 Å². The molecule has 1 fully saturated rings. The molecule has 0 aromatic carbocycles. The lowest BCUT2D eigenvalue weighted by atomic mass is 10.2. The molecule has 1 aromatic heterocycles. The minimum Gasteiger partial charge on any atom is -0.499 e. The molecule has 2 N–H and O–H groups in total. The van der Waals surface area contributed by atoms with E-state index in [2.05, 4.69) is 27.5 Å². The van der Waals surface area contributed by atoms with E-state index < -0.39 is 23.6 Å². The summed E-state index contributed by atoms with van der Waals surface area (Å²) in [5, 5.41) is 9.92. The fraction of sp³-hybridized carbons (Fsp3) is 0.455. The Morgan fingerprint density at radius 3 is 3.11 bits per heavy atom. The fourth-order valence-electron chi connectivity index (χ4n) is 1.91. The number of nitrogens with one attached hydrogen (secondary N) is 1.